The van der Waals surface area contributed by atoms with Gasteiger partial charge in [0.25, 0.3) is 0 Å². The zero-order valence-electron chi connectivity index (χ0n) is 9.10. The molecule has 0 unspecified atom stereocenters. The van der Waals surface area contributed by atoms with E-state index in [0.717, 1.165) is 5.56 Å². The predicted molar refractivity (Wildman–Crippen MR) is 59.1 cm³/mol. The Labute approximate surface area is 93.5 Å². The SMILES string of the molecule is COC(=O)/C(C=O)=C/c1ccc(OC)cc1. The summed E-state index contributed by atoms with van der Waals surface area (Å²) in [7, 11) is 2.80. The minimum Gasteiger partial charge on any atom is -0.497 e. The summed E-state index contributed by atoms with van der Waals surface area (Å²) in [5.41, 5.74) is 0.709. The summed E-state index contributed by atoms with van der Waals surface area (Å²) in [6.45, 7) is 0. The van der Waals surface area contributed by atoms with Crippen LogP contribution in [-0.4, -0.2) is 26.5 Å². The second kappa shape index (κ2) is 5.70. The molecule has 0 bridgehead atoms. The number of benzene rings is 1. The van der Waals surface area contributed by atoms with Gasteiger partial charge in [-0.3, -0.25) is 4.79 Å². The molecule has 0 aromatic heterocycles. The van der Waals surface area contributed by atoms with Gasteiger partial charge in [0.05, 0.1) is 19.8 Å². The number of aldehydes is 1. The van der Waals surface area contributed by atoms with E-state index in [1.807, 2.05) is 0 Å². The van der Waals surface area contributed by atoms with E-state index in [4.69, 9.17) is 4.74 Å². The quantitative estimate of drug-likeness (QED) is 0.253. The van der Waals surface area contributed by atoms with Crippen molar-refractivity contribution in [1.29, 1.82) is 0 Å². The minimum absolute atomic E-state index is 0.0207. The molecule has 0 aliphatic rings. The maximum Gasteiger partial charge on any atom is 0.341 e. The number of hydrogen-bond donors (Lipinski definition) is 0. The summed E-state index contributed by atoms with van der Waals surface area (Å²) in [4.78, 5) is 21.8. The van der Waals surface area contributed by atoms with Crippen molar-refractivity contribution in [2.45, 2.75) is 0 Å². The third-order valence-corrected chi connectivity index (χ3v) is 1.99. The van der Waals surface area contributed by atoms with Gasteiger partial charge in [0.15, 0.2) is 6.29 Å². The molecule has 0 radical (unpaired) electrons. The number of ether oxygens (including phenoxy) is 2. The molecule has 1 rings (SSSR count). The van der Waals surface area contributed by atoms with Crippen molar-refractivity contribution in [3.63, 3.8) is 0 Å². The maximum atomic E-state index is 11.1. The smallest absolute Gasteiger partial charge is 0.341 e. The Morgan fingerprint density at radius 1 is 1.19 bits per heavy atom. The molecule has 1 aromatic carbocycles. The normalized spacial score (nSPS) is 10.8. The third-order valence-electron chi connectivity index (χ3n) is 1.99. The van der Waals surface area contributed by atoms with Gasteiger partial charge in [0.1, 0.15) is 5.75 Å². The van der Waals surface area contributed by atoms with Gasteiger partial charge in [0.2, 0.25) is 0 Å². The maximum absolute atomic E-state index is 11.1. The Morgan fingerprint density at radius 3 is 2.25 bits per heavy atom. The fourth-order valence-corrected chi connectivity index (χ4v) is 1.14. The van der Waals surface area contributed by atoms with Crippen LogP contribution in [0.4, 0.5) is 0 Å². The lowest BCUT2D eigenvalue weighted by Crippen LogP contribution is -2.05. The molecule has 0 saturated carbocycles. The topological polar surface area (TPSA) is 52.6 Å². The number of carbonyl (C=O) groups excluding carboxylic acids is 2. The van der Waals surface area contributed by atoms with Gasteiger partial charge in [-0.15, -0.1) is 0 Å². The first-order valence-electron chi connectivity index (χ1n) is 4.60. The molecular formula is C12H12O4. The molecule has 0 N–H and O–H groups in total. The first-order chi connectivity index (χ1) is 7.71. The van der Waals surface area contributed by atoms with Crippen LogP contribution in [0.1, 0.15) is 5.56 Å². The Balaban J connectivity index is 2.95. The standard InChI is InChI=1S/C12H12O4/c1-15-11-5-3-9(4-6-11)7-10(8-13)12(14)16-2/h3-8H,1-2H3/b10-7+. The molecule has 1 aromatic rings. The number of esters is 1. The number of rotatable bonds is 4. The summed E-state index contributed by atoms with van der Waals surface area (Å²) in [6, 6.07) is 6.97. The molecule has 0 fully saturated rings. The number of hydrogen-bond acceptors (Lipinski definition) is 4. The zero-order valence-corrected chi connectivity index (χ0v) is 9.10. The van der Waals surface area contributed by atoms with Crippen molar-refractivity contribution in [3.05, 3.63) is 35.4 Å². The first-order valence-corrected chi connectivity index (χ1v) is 4.60. The predicted octanol–water partition coefficient (Wildman–Crippen LogP) is 1.45. The molecule has 0 aliphatic carbocycles. The molecule has 0 atom stereocenters. The molecule has 84 valence electrons. The van der Waals surface area contributed by atoms with Crippen molar-refractivity contribution >= 4 is 18.3 Å². The fourth-order valence-electron chi connectivity index (χ4n) is 1.14. The van der Waals surface area contributed by atoms with E-state index in [2.05, 4.69) is 4.74 Å². The molecule has 0 heterocycles. The van der Waals surface area contributed by atoms with Crippen LogP contribution in [0.2, 0.25) is 0 Å². The third kappa shape index (κ3) is 2.95. The van der Waals surface area contributed by atoms with Gasteiger partial charge in [-0.05, 0) is 23.8 Å². The van der Waals surface area contributed by atoms with Gasteiger partial charge in [-0.2, -0.15) is 0 Å². The van der Waals surface area contributed by atoms with E-state index in [9.17, 15) is 9.59 Å². The van der Waals surface area contributed by atoms with E-state index in [0.29, 0.717) is 12.0 Å². The highest BCUT2D eigenvalue weighted by Crippen LogP contribution is 2.13. The van der Waals surface area contributed by atoms with Crippen LogP contribution in [0.15, 0.2) is 29.8 Å². The van der Waals surface area contributed by atoms with Gasteiger partial charge < -0.3 is 9.47 Å². The van der Waals surface area contributed by atoms with Crippen molar-refractivity contribution in [2.24, 2.45) is 0 Å². The molecule has 4 heteroatoms. The highest BCUT2D eigenvalue weighted by Gasteiger charge is 2.07. The van der Waals surface area contributed by atoms with E-state index < -0.39 is 5.97 Å². The largest absolute Gasteiger partial charge is 0.497 e. The lowest BCUT2D eigenvalue weighted by atomic mass is 10.1. The van der Waals surface area contributed by atoms with Crippen LogP contribution in [0.3, 0.4) is 0 Å². The summed E-state index contributed by atoms with van der Waals surface area (Å²) in [6.07, 6.45) is 1.92. The summed E-state index contributed by atoms with van der Waals surface area (Å²) < 4.78 is 9.44. The van der Waals surface area contributed by atoms with Gasteiger partial charge in [0, 0.05) is 0 Å². The van der Waals surface area contributed by atoms with Crippen LogP contribution in [-0.2, 0) is 14.3 Å². The van der Waals surface area contributed by atoms with E-state index >= 15 is 0 Å². The molecule has 4 nitrogen and oxygen atoms in total. The Bertz CT molecular complexity index is 404. The molecule has 0 amide bonds. The summed E-state index contributed by atoms with van der Waals surface area (Å²) in [5.74, 6) is 0.0636. The highest BCUT2D eigenvalue weighted by atomic mass is 16.5. The van der Waals surface area contributed by atoms with Gasteiger partial charge >= 0.3 is 5.97 Å². The number of carbonyl (C=O) groups is 2. The molecule has 0 spiro atoms. The Kier molecular flexibility index (Phi) is 4.27. The summed E-state index contributed by atoms with van der Waals surface area (Å²) in [5, 5.41) is 0. The zero-order chi connectivity index (χ0) is 12.0. The van der Waals surface area contributed by atoms with E-state index in [1.54, 1.807) is 31.4 Å². The van der Waals surface area contributed by atoms with Crippen molar-refractivity contribution in [2.75, 3.05) is 14.2 Å². The van der Waals surface area contributed by atoms with E-state index in [1.165, 1.54) is 13.2 Å². The van der Waals surface area contributed by atoms with Crippen molar-refractivity contribution in [1.82, 2.24) is 0 Å². The summed E-state index contributed by atoms with van der Waals surface area (Å²) >= 11 is 0. The Morgan fingerprint density at radius 2 is 1.81 bits per heavy atom. The van der Waals surface area contributed by atoms with Crippen LogP contribution >= 0.6 is 0 Å². The van der Waals surface area contributed by atoms with Crippen LogP contribution in [0, 0.1) is 0 Å². The molecule has 16 heavy (non-hydrogen) atoms. The van der Waals surface area contributed by atoms with Crippen molar-refractivity contribution in [3.8, 4) is 5.75 Å². The van der Waals surface area contributed by atoms with Crippen molar-refractivity contribution < 1.29 is 19.1 Å². The first kappa shape index (κ1) is 12.0. The van der Waals surface area contributed by atoms with Gasteiger partial charge in [-0.25, -0.2) is 4.79 Å². The number of methoxy groups -OCH3 is 2. The molecule has 0 saturated heterocycles. The van der Waals surface area contributed by atoms with E-state index in [-0.39, 0.29) is 5.57 Å². The van der Waals surface area contributed by atoms with Crippen LogP contribution < -0.4 is 4.74 Å². The lowest BCUT2D eigenvalue weighted by molar-refractivity contribution is -0.136. The second-order valence-corrected chi connectivity index (χ2v) is 2.98. The molecular weight excluding hydrogens is 208 g/mol. The minimum atomic E-state index is -0.647. The highest BCUT2D eigenvalue weighted by molar-refractivity contribution is 6.11. The monoisotopic (exact) mass is 220 g/mol. The molecule has 0 aliphatic heterocycles. The lowest BCUT2D eigenvalue weighted by Gasteiger charge is -2.00. The fraction of sp³-hybridized carbons (Fsp3) is 0.167. The Hall–Kier alpha value is -2.10. The average molecular weight is 220 g/mol. The second-order valence-electron chi connectivity index (χ2n) is 2.98. The van der Waals surface area contributed by atoms with Gasteiger partial charge in [-0.1, -0.05) is 12.1 Å². The van der Waals surface area contributed by atoms with Crippen LogP contribution in [0.5, 0.6) is 5.75 Å². The van der Waals surface area contributed by atoms with Crippen LogP contribution in [0.25, 0.3) is 6.08 Å². The average Bonchev–Trinajstić information content (AvgIpc) is 2.35.